The van der Waals surface area contributed by atoms with Crippen LogP contribution in [0.25, 0.3) is 0 Å². The number of hydrogen-bond acceptors (Lipinski definition) is 7. The summed E-state index contributed by atoms with van der Waals surface area (Å²) in [4.78, 5) is 4.43. The molecule has 2 rings (SSSR count). The van der Waals surface area contributed by atoms with E-state index in [1.54, 1.807) is 55.6 Å². The quantitative estimate of drug-likeness (QED) is 0.282. The summed E-state index contributed by atoms with van der Waals surface area (Å²) in [6.45, 7) is 2.02. The smallest absolute Gasteiger partial charge is 0.265 e. The number of unbranched alkanes of at least 4 members (excludes halogenated alkanes) is 1. The average molecular weight is 403 g/mol. The minimum Gasteiger partial charge on any atom is -0.411 e. The molecule has 0 fully saturated rings. The molecule has 0 radical (unpaired) electrons. The molecule has 8 nitrogen and oxygen atoms in total. The molecule has 10 heteroatoms. The molecule has 4 N–H and O–H groups in total. The number of sulfonamides is 1. The number of rotatable bonds is 7. The fraction of sp³-hybridized carbons (Fsp3) is 0.250. The summed E-state index contributed by atoms with van der Waals surface area (Å²) < 4.78 is 27.3. The van der Waals surface area contributed by atoms with Gasteiger partial charge in [0.25, 0.3) is 10.0 Å². The van der Waals surface area contributed by atoms with Crippen molar-refractivity contribution in [1.82, 2.24) is 4.98 Å². The van der Waals surface area contributed by atoms with Gasteiger partial charge in [-0.25, -0.2) is 23.6 Å². The summed E-state index contributed by atoms with van der Waals surface area (Å²) in [7, 11) is -3.71. The maximum absolute atomic E-state index is 13.0. The topological polar surface area (TPSA) is 129 Å². The number of aromatic nitrogens is 1. The molecule has 0 bridgehead atoms. The van der Waals surface area contributed by atoms with Crippen LogP contribution in [0, 0.1) is 6.92 Å². The summed E-state index contributed by atoms with van der Waals surface area (Å²) in [5.41, 5.74) is 0.686. The van der Waals surface area contributed by atoms with E-state index in [4.69, 9.17) is 10.4 Å². The first-order chi connectivity index (χ1) is 12.1. The Morgan fingerprint density at radius 2 is 1.85 bits per heavy atom. The zero-order chi connectivity index (χ0) is 18.7. The van der Waals surface area contributed by atoms with Gasteiger partial charge in [0.2, 0.25) is 0 Å². The van der Waals surface area contributed by atoms with E-state index in [1.165, 1.54) is 10.5 Å². The SMILES string of the molecule is Cc1ccccc1S(=O)(=O)N(CCCC=NO)c1ccccn1.Cl.NO. The zero-order valence-electron chi connectivity index (χ0n) is 14.3. The van der Waals surface area contributed by atoms with Gasteiger partial charge in [-0.05, 0) is 43.5 Å². The molecule has 0 aliphatic heterocycles. The predicted octanol–water partition coefficient (Wildman–Crippen LogP) is 2.58. The second kappa shape index (κ2) is 12.2. The van der Waals surface area contributed by atoms with Crippen LogP contribution in [0.1, 0.15) is 18.4 Å². The highest BCUT2D eigenvalue weighted by Gasteiger charge is 2.26. The third-order valence-corrected chi connectivity index (χ3v) is 5.31. The van der Waals surface area contributed by atoms with Crippen LogP contribution in [0.3, 0.4) is 0 Å². The van der Waals surface area contributed by atoms with Crippen LogP contribution < -0.4 is 10.2 Å². The molecule has 26 heavy (non-hydrogen) atoms. The normalized spacial score (nSPS) is 10.6. The Labute approximate surface area is 159 Å². The predicted molar refractivity (Wildman–Crippen MR) is 103 cm³/mol. The first-order valence-corrected chi connectivity index (χ1v) is 8.92. The van der Waals surface area contributed by atoms with Crippen molar-refractivity contribution in [3.8, 4) is 0 Å². The fourth-order valence-electron chi connectivity index (χ4n) is 2.21. The van der Waals surface area contributed by atoms with Crippen LogP contribution in [0.2, 0.25) is 0 Å². The minimum atomic E-state index is -3.71. The van der Waals surface area contributed by atoms with E-state index < -0.39 is 10.0 Å². The van der Waals surface area contributed by atoms with Crippen molar-refractivity contribution in [2.24, 2.45) is 11.1 Å². The van der Waals surface area contributed by atoms with Gasteiger partial charge >= 0.3 is 0 Å². The number of aryl methyl sites for hydroxylation is 1. The number of halogens is 1. The monoisotopic (exact) mass is 402 g/mol. The lowest BCUT2D eigenvalue weighted by Crippen LogP contribution is -2.33. The molecule has 1 heterocycles. The summed E-state index contributed by atoms with van der Waals surface area (Å²) in [5, 5.41) is 17.9. The zero-order valence-corrected chi connectivity index (χ0v) is 15.9. The molecule has 0 saturated heterocycles. The molecule has 0 unspecified atom stereocenters. The van der Waals surface area contributed by atoms with Gasteiger partial charge in [0.05, 0.1) is 4.90 Å². The van der Waals surface area contributed by atoms with Crippen LogP contribution in [0.4, 0.5) is 5.82 Å². The number of nitrogens with zero attached hydrogens (tertiary/aromatic N) is 3. The van der Waals surface area contributed by atoms with Crippen molar-refractivity contribution < 1.29 is 18.8 Å². The van der Waals surface area contributed by atoms with Crippen molar-refractivity contribution >= 4 is 34.5 Å². The van der Waals surface area contributed by atoms with E-state index in [-0.39, 0.29) is 23.8 Å². The molecule has 0 saturated carbocycles. The molecule has 144 valence electrons. The van der Waals surface area contributed by atoms with Crippen molar-refractivity contribution in [3.05, 3.63) is 54.2 Å². The van der Waals surface area contributed by atoms with Gasteiger partial charge in [0.1, 0.15) is 5.82 Å². The summed E-state index contributed by atoms with van der Waals surface area (Å²) in [5.74, 6) is 3.87. The Kier molecular flexibility index (Phi) is 11.2. The lowest BCUT2D eigenvalue weighted by molar-refractivity contribution is 0.311. The van der Waals surface area contributed by atoms with Crippen molar-refractivity contribution in [1.29, 1.82) is 0 Å². The Bertz CT molecular complexity index is 773. The van der Waals surface area contributed by atoms with Gasteiger partial charge < -0.3 is 10.4 Å². The van der Waals surface area contributed by atoms with Gasteiger partial charge in [-0.15, -0.1) is 17.6 Å². The number of hydrogen-bond donors (Lipinski definition) is 3. The van der Waals surface area contributed by atoms with Crippen molar-refractivity contribution in [2.75, 3.05) is 10.8 Å². The van der Waals surface area contributed by atoms with E-state index in [0.717, 1.165) is 0 Å². The molecule has 1 aromatic heterocycles. The molecule has 0 aliphatic carbocycles. The average Bonchev–Trinajstić information content (AvgIpc) is 2.64. The van der Waals surface area contributed by atoms with E-state index in [0.29, 0.717) is 24.2 Å². The number of nitrogens with two attached hydrogens (primary N) is 1. The highest BCUT2D eigenvalue weighted by atomic mass is 35.5. The van der Waals surface area contributed by atoms with Gasteiger partial charge in [-0.1, -0.05) is 24.3 Å². The molecule has 0 spiro atoms. The van der Waals surface area contributed by atoms with Gasteiger partial charge in [-0.2, -0.15) is 0 Å². The second-order valence-electron chi connectivity index (χ2n) is 4.97. The van der Waals surface area contributed by atoms with E-state index in [1.807, 2.05) is 0 Å². The number of benzene rings is 1. The van der Waals surface area contributed by atoms with Gasteiger partial charge in [0.15, 0.2) is 0 Å². The summed E-state index contributed by atoms with van der Waals surface area (Å²) >= 11 is 0. The lowest BCUT2D eigenvalue weighted by atomic mass is 10.2. The molecular weight excluding hydrogens is 380 g/mol. The minimum absolute atomic E-state index is 0. The fourth-order valence-corrected chi connectivity index (χ4v) is 3.89. The molecule has 2 aromatic rings. The van der Waals surface area contributed by atoms with Gasteiger partial charge in [-0.3, -0.25) is 0 Å². The third kappa shape index (κ3) is 6.26. The van der Waals surface area contributed by atoms with Crippen LogP contribution in [0.5, 0.6) is 0 Å². The largest absolute Gasteiger partial charge is 0.411 e. The molecule has 1 aromatic carbocycles. The van der Waals surface area contributed by atoms with Gasteiger partial charge in [0, 0.05) is 19.0 Å². The molecule has 0 atom stereocenters. The Morgan fingerprint density at radius 3 is 2.42 bits per heavy atom. The van der Waals surface area contributed by atoms with Crippen LogP contribution in [-0.4, -0.2) is 36.6 Å². The lowest BCUT2D eigenvalue weighted by Gasteiger charge is -2.24. The maximum Gasteiger partial charge on any atom is 0.265 e. The number of pyridine rings is 1. The summed E-state index contributed by atoms with van der Waals surface area (Å²) in [6.07, 6.45) is 3.90. The first kappa shape index (κ1) is 23.8. The molecular formula is C16H23ClN4O4S. The van der Waals surface area contributed by atoms with Crippen LogP contribution >= 0.6 is 12.4 Å². The van der Waals surface area contributed by atoms with Crippen molar-refractivity contribution in [3.63, 3.8) is 0 Å². The van der Waals surface area contributed by atoms with E-state index in [9.17, 15) is 8.42 Å². The standard InChI is InChI=1S/C16H19N3O3S.ClH.H3NO/c1-14-8-2-3-9-15(14)23(21,22)19(13-7-6-12-18-20)16-10-4-5-11-17-16;;1-2/h2-5,8-12,20H,6-7,13H2,1H3;1H;2H,1H2. The molecule has 0 aliphatic rings. The number of oxime groups is 1. The Balaban J connectivity index is 0.00000201. The van der Waals surface area contributed by atoms with E-state index >= 15 is 0 Å². The third-order valence-electron chi connectivity index (χ3n) is 3.34. The number of anilines is 1. The van der Waals surface area contributed by atoms with E-state index in [2.05, 4.69) is 16.0 Å². The molecule has 0 amide bonds. The first-order valence-electron chi connectivity index (χ1n) is 7.48. The van der Waals surface area contributed by atoms with Crippen LogP contribution in [-0.2, 0) is 10.0 Å². The van der Waals surface area contributed by atoms with Crippen molar-refractivity contribution in [2.45, 2.75) is 24.7 Å². The highest BCUT2D eigenvalue weighted by molar-refractivity contribution is 7.92. The Hall–Kier alpha value is -2.20. The maximum atomic E-state index is 13.0. The van der Waals surface area contributed by atoms with Crippen LogP contribution in [0.15, 0.2) is 58.7 Å². The highest BCUT2D eigenvalue weighted by Crippen LogP contribution is 2.24. The second-order valence-corrected chi connectivity index (χ2v) is 6.80. The summed E-state index contributed by atoms with van der Waals surface area (Å²) in [6, 6.07) is 12.0. The Morgan fingerprint density at radius 1 is 1.19 bits per heavy atom.